The van der Waals surface area contributed by atoms with Crippen LogP contribution in [0.25, 0.3) is 11.4 Å². The minimum absolute atomic E-state index is 0.0540. The lowest BCUT2D eigenvalue weighted by Crippen LogP contribution is -2.07. The lowest BCUT2D eigenvalue weighted by Gasteiger charge is -2.14. The molecule has 2 heterocycles. The molecule has 3 rings (SSSR count). The topological polar surface area (TPSA) is 102 Å². The van der Waals surface area contributed by atoms with Crippen molar-refractivity contribution in [2.75, 3.05) is 24.8 Å². The maximum absolute atomic E-state index is 12.7. The van der Waals surface area contributed by atoms with E-state index in [4.69, 9.17) is 8.92 Å². The van der Waals surface area contributed by atoms with Crippen molar-refractivity contribution in [3.05, 3.63) is 52.6 Å². The van der Waals surface area contributed by atoms with E-state index in [1.165, 1.54) is 30.4 Å². The Morgan fingerprint density at radius 2 is 1.97 bits per heavy atom. The van der Waals surface area contributed by atoms with E-state index < -0.39 is 17.5 Å². The lowest BCUT2D eigenvalue weighted by atomic mass is 10.2. The van der Waals surface area contributed by atoms with Crippen molar-refractivity contribution in [3.8, 4) is 17.1 Å². The Bertz CT molecular complexity index is 1000. The Balaban J connectivity index is 1.92. The SMILES string of the molecule is CSOCCOc1ccnc(Nc2ccc(C(F)(F)F)cc2)c1-c1noc(=O)[nH]1. The number of pyridine rings is 1. The van der Waals surface area contributed by atoms with Crippen LogP contribution < -0.4 is 15.8 Å². The van der Waals surface area contributed by atoms with E-state index in [0.717, 1.165) is 12.1 Å². The Morgan fingerprint density at radius 1 is 1.21 bits per heavy atom. The molecule has 0 saturated heterocycles. The number of alkyl halides is 3. The van der Waals surface area contributed by atoms with Crippen molar-refractivity contribution >= 4 is 23.5 Å². The number of hydrogen-bond acceptors (Lipinski definition) is 8. The molecule has 0 aliphatic heterocycles. The van der Waals surface area contributed by atoms with Gasteiger partial charge >= 0.3 is 11.9 Å². The molecule has 12 heteroatoms. The highest BCUT2D eigenvalue weighted by atomic mass is 32.2. The van der Waals surface area contributed by atoms with Crippen LogP contribution >= 0.6 is 12.0 Å². The van der Waals surface area contributed by atoms with Gasteiger partial charge in [0.2, 0.25) is 0 Å². The molecular formula is C17H15F3N4O4S. The average Bonchev–Trinajstić information content (AvgIpc) is 3.11. The standard InChI is InChI=1S/C17H15F3N4O4S/c1-29-27-9-8-26-12-6-7-21-14(13(12)15-23-16(25)28-24-15)22-11-4-2-10(3-5-11)17(18,19)20/h2-7H,8-9H2,1H3,(H,21,22)(H,23,24,25). The maximum atomic E-state index is 12.7. The molecular weight excluding hydrogens is 413 g/mol. The molecule has 0 spiro atoms. The predicted octanol–water partition coefficient (Wildman–Crippen LogP) is 3.86. The van der Waals surface area contributed by atoms with E-state index in [-0.39, 0.29) is 23.8 Å². The van der Waals surface area contributed by atoms with Crippen LogP contribution in [-0.4, -0.2) is 34.6 Å². The highest BCUT2D eigenvalue weighted by molar-refractivity contribution is 7.93. The molecule has 0 fully saturated rings. The van der Waals surface area contributed by atoms with Crippen molar-refractivity contribution in [3.63, 3.8) is 0 Å². The summed E-state index contributed by atoms with van der Waals surface area (Å²) in [6.45, 7) is 0.513. The number of nitrogens with one attached hydrogen (secondary N) is 2. The molecule has 8 nitrogen and oxygen atoms in total. The maximum Gasteiger partial charge on any atom is 0.439 e. The van der Waals surface area contributed by atoms with Crippen LogP contribution in [0.3, 0.4) is 0 Å². The van der Waals surface area contributed by atoms with Gasteiger partial charge in [0.25, 0.3) is 0 Å². The zero-order valence-electron chi connectivity index (χ0n) is 14.9. The molecule has 3 aromatic rings. The molecule has 2 N–H and O–H groups in total. The average molecular weight is 428 g/mol. The fourth-order valence-electron chi connectivity index (χ4n) is 2.37. The Morgan fingerprint density at radius 3 is 2.59 bits per heavy atom. The zero-order valence-corrected chi connectivity index (χ0v) is 15.8. The minimum Gasteiger partial charge on any atom is -0.490 e. The molecule has 0 saturated carbocycles. The summed E-state index contributed by atoms with van der Waals surface area (Å²) >= 11 is 1.19. The highest BCUT2D eigenvalue weighted by Gasteiger charge is 2.30. The van der Waals surface area contributed by atoms with Gasteiger partial charge in [-0.3, -0.25) is 9.51 Å². The third-order valence-corrected chi connectivity index (χ3v) is 4.01. The molecule has 0 atom stereocenters. The van der Waals surface area contributed by atoms with Crippen molar-refractivity contribution in [2.45, 2.75) is 6.18 Å². The number of hydrogen-bond donors (Lipinski definition) is 2. The number of aromatic amines is 1. The zero-order chi connectivity index (χ0) is 20.9. The molecule has 1 aromatic carbocycles. The van der Waals surface area contributed by atoms with E-state index >= 15 is 0 Å². The lowest BCUT2D eigenvalue weighted by molar-refractivity contribution is -0.137. The van der Waals surface area contributed by atoms with Gasteiger partial charge in [-0.05, 0) is 42.4 Å². The van der Waals surface area contributed by atoms with Gasteiger partial charge in [0.1, 0.15) is 23.7 Å². The molecule has 0 aliphatic rings. The second-order valence-electron chi connectivity index (χ2n) is 5.51. The summed E-state index contributed by atoms with van der Waals surface area (Å²) in [7, 11) is 0. The molecule has 0 bridgehead atoms. The van der Waals surface area contributed by atoms with Crippen molar-refractivity contribution in [1.29, 1.82) is 0 Å². The van der Waals surface area contributed by atoms with Gasteiger partial charge in [-0.2, -0.15) is 13.2 Å². The van der Waals surface area contributed by atoms with Crippen LogP contribution in [0.4, 0.5) is 24.7 Å². The van der Waals surface area contributed by atoms with E-state index in [2.05, 4.69) is 25.0 Å². The van der Waals surface area contributed by atoms with Gasteiger partial charge in [-0.25, -0.2) is 9.78 Å². The highest BCUT2D eigenvalue weighted by Crippen LogP contribution is 2.35. The predicted molar refractivity (Wildman–Crippen MR) is 100 cm³/mol. The molecule has 154 valence electrons. The van der Waals surface area contributed by atoms with Gasteiger partial charge in [0, 0.05) is 18.1 Å². The summed E-state index contributed by atoms with van der Waals surface area (Å²) in [4.78, 5) is 18.0. The number of anilines is 2. The number of benzene rings is 1. The summed E-state index contributed by atoms with van der Waals surface area (Å²) in [5, 5.41) is 6.56. The first kappa shape index (κ1) is 20.7. The van der Waals surface area contributed by atoms with Crippen molar-refractivity contribution < 1.29 is 26.6 Å². The summed E-state index contributed by atoms with van der Waals surface area (Å²) in [5.41, 5.74) is -0.147. The van der Waals surface area contributed by atoms with Crippen LogP contribution in [0.1, 0.15) is 5.56 Å². The molecule has 0 amide bonds. The summed E-state index contributed by atoms with van der Waals surface area (Å²) in [5.74, 6) is -0.194. The summed E-state index contributed by atoms with van der Waals surface area (Å²) in [6, 6.07) is 5.97. The first-order chi connectivity index (χ1) is 13.9. The van der Waals surface area contributed by atoms with Crippen LogP contribution in [0.15, 0.2) is 45.8 Å². The largest absolute Gasteiger partial charge is 0.490 e. The smallest absolute Gasteiger partial charge is 0.439 e. The third kappa shape index (κ3) is 5.29. The second-order valence-corrected chi connectivity index (χ2v) is 6.08. The second kappa shape index (κ2) is 9.01. The Kier molecular flexibility index (Phi) is 6.44. The van der Waals surface area contributed by atoms with E-state index in [9.17, 15) is 18.0 Å². The Hall–Kier alpha value is -2.99. The van der Waals surface area contributed by atoms with Gasteiger partial charge in [-0.1, -0.05) is 5.16 Å². The third-order valence-electron chi connectivity index (χ3n) is 3.61. The molecule has 0 radical (unpaired) electrons. The number of aromatic nitrogens is 3. The van der Waals surface area contributed by atoms with Crippen LogP contribution in [-0.2, 0) is 10.4 Å². The number of nitrogens with zero attached hydrogens (tertiary/aromatic N) is 2. The van der Waals surface area contributed by atoms with Crippen LogP contribution in [0.5, 0.6) is 5.75 Å². The van der Waals surface area contributed by atoms with Crippen LogP contribution in [0.2, 0.25) is 0 Å². The van der Waals surface area contributed by atoms with Gasteiger partial charge in [-0.15, -0.1) is 0 Å². The van der Waals surface area contributed by atoms with Crippen molar-refractivity contribution in [2.24, 2.45) is 0 Å². The molecule has 29 heavy (non-hydrogen) atoms. The fraction of sp³-hybridized carbons (Fsp3) is 0.235. The van der Waals surface area contributed by atoms with E-state index in [0.29, 0.717) is 18.0 Å². The van der Waals surface area contributed by atoms with Gasteiger partial charge in [0.15, 0.2) is 5.82 Å². The van der Waals surface area contributed by atoms with Gasteiger partial charge in [0.05, 0.1) is 12.2 Å². The quantitative estimate of drug-likeness (QED) is 0.412. The minimum atomic E-state index is -4.44. The summed E-state index contributed by atoms with van der Waals surface area (Å²) in [6.07, 6.45) is -1.22. The van der Waals surface area contributed by atoms with E-state index in [1.807, 2.05) is 0 Å². The number of halogens is 3. The number of ether oxygens (including phenoxy) is 1. The first-order valence-corrected chi connectivity index (χ1v) is 9.31. The normalized spacial score (nSPS) is 11.4. The van der Waals surface area contributed by atoms with Crippen LogP contribution in [0, 0.1) is 0 Å². The monoisotopic (exact) mass is 428 g/mol. The molecule has 2 aromatic heterocycles. The first-order valence-electron chi connectivity index (χ1n) is 8.16. The molecule has 0 unspecified atom stereocenters. The number of H-pyrrole nitrogens is 1. The Labute approximate surface area is 166 Å². The summed E-state index contributed by atoms with van der Waals surface area (Å²) < 4.78 is 53.6. The fourth-order valence-corrected chi connectivity index (χ4v) is 2.61. The van der Waals surface area contributed by atoms with Gasteiger partial charge < -0.3 is 14.2 Å². The molecule has 0 aliphatic carbocycles. The number of rotatable bonds is 8. The van der Waals surface area contributed by atoms with E-state index in [1.54, 1.807) is 12.3 Å². The van der Waals surface area contributed by atoms with Crippen molar-refractivity contribution in [1.82, 2.24) is 15.1 Å².